The summed E-state index contributed by atoms with van der Waals surface area (Å²) >= 11 is 0. The van der Waals surface area contributed by atoms with Gasteiger partial charge in [-0.1, -0.05) is 6.92 Å². The first kappa shape index (κ1) is 9.18. The molecule has 1 heterocycles. The summed E-state index contributed by atoms with van der Waals surface area (Å²) in [5, 5.41) is 3.18. The van der Waals surface area contributed by atoms with Gasteiger partial charge in [0, 0.05) is 5.54 Å². The number of rotatable bonds is 3. The summed E-state index contributed by atoms with van der Waals surface area (Å²) in [6.45, 7) is 2.10. The quantitative estimate of drug-likeness (QED) is 0.769. The van der Waals surface area contributed by atoms with Crippen LogP contribution >= 0.6 is 0 Å². The van der Waals surface area contributed by atoms with Crippen molar-refractivity contribution in [2.24, 2.45) is 0 Å². The number of hydrogen-bond donors (Lipinski definition) is 2. The monoisotopic (exact) mass is 196 g/mol. The van der Waals surface area contributed by atoms with E-state index in [0.29, 0.717) is 5.95 Å². The molecule has 1 fully saturated rings. The first-order valence-electron chi connectivity index (χ1n) is 4.71. The molecule has 0 radical (unpaired) electrons. The smallest absolute Gasteiger partial charge is 0.225 e. The van der Waals surface area contributed by atoms with Gasteiger partial charge in [0.2, 0.25) is 5.95 Å². The van der Waals surface area contributed by atoms with Crippen molar-refractivity contribution in [1.82, 2.24) is 9.97 Å². The maximum Gasteiger partial charge on any atom is 0.225 e. The van der Waals surface area contributed by atoms with Crippen LogP contribution in [0.25, 0.3) is 0 Å². The molecule has 14 heavy (non-hydrogen) atoms. The summed E-state index contributed by atoms with van der Waals surface area (Å²) in [7, 11) is 0. The van der Waals surface area contributed by atoms with E-state index in [1.807, 2.05) is 0 Å². The second kappa shape index (κ2) is 3.08. The highest BCUT2D eigenvalue weighted by Crippen LogP contribution is 2.40. The zero-order valence-electron chi connectivity index (χ0n) is 8.05. The Bertz CT molecular complexity index is 349. The highest BCUT2D eigenvalue weighted by molar-refractivity contribution is 5.40. The van der Waals surface area contributed by atoms with Crippen LogP contribution < -0.4 is 11.1 Å². The third kappa shape index (κ3) is 1.62. The van der Waals surface area contributed by atoms with E-state index in [9.17, 15) is 4.39 Å². The van der Waals surface area contributed by atoms with Crippen molar-refractivity contribution >= 4 is 11.8 Å². The van der Waals surface area contributed by atoms with E-state index in [1.165, 1.54) is 0 Å². The number of halogens is 1. The number of nitrogens with zero attached hydrogens (tertiary/aromatic N) is 2. The predicted octanol–water partition coefficient (Wildman–Crippen LogP) is 1.55. The summed E-state index contributed by atoms with van der Waals surface area (Å²) in [6, 6.07) is 0. The summed E-state index contributed by atoms with van der Waals surface area (Å²) in [6.07, 6.45) is 4.35. The van der Waals surface area contributed by atoms with Crippen LogP contribution in [0.1, 0.15) is 26.2 Å². The molecular formula is C9H13FN4. The first-order valence-corrected chi connectivity index (χ1v) is 4.71. The second-order valence-electron chi connectivity index (χ2n) is 3.69. The maximum atomic E-state index is 12.8. The molecule has 0 aliphatic heterocycles. The number of hydrogen-bond acceptors (Lipinski definition) is 4. The van der Waals surface area contributed by atoms with E-state index in [-0.39, 0.29) is 11.4 Å². The maximum absolute atomic E-state index is 12.8. The standard InChI is InChI=1S/C9H13FN4/c1-2-9(3-4-9)14-8-12-5-6(10)7(11)13-8/h5H,2-4H2,1H3,(H3,11,12,13,14). The molecule has 1 saturated carbocycles. The lowest BCUT2D eigenvalue weighted by Gasteiger charge is -2.14. The van der Waals surface area contributed by atoms with Gasteiger partial charge in [0.05, 0.1) is 6.20 Å². The van der Waals surface area contributed by atoms with Crippen molar-refractivity contribution < 1.29 is 4.39 Å². The second-order valence-corrected chi connectivity index (χ2v) is 3.69. The third-order valence-corrected chi connectivity index (χ3v) is 2.68. The van der Waals surface area contributed by atoms with Crippen molar-refractivity contribution in [1.29, 1.82) is 0 Å². The van der Waals surface area contributed by atoms with Gasteiger partial charge in [0.1, 0.15) is 0 Å². The number of nitrogens with two attached hydrogens (primary N) is 1. The van der Waals surface area contributed by atoms with Gasteiger partial charge in [-0.05, 0) is 19.3 Å². The lowest BCUT2D eigenvalue weighted by atomic mass is 10.2. The zero-order valence-corrected chi connectivity index (χ0v) is 8.05. The molecule has 1 aliphatic carbocycles. The summed E-state index contributed by atoms with van der Waals surface area (Å²) < 4.78 is 12.8. The third-order valence-electron chi connectivity index (χ3n) is 2.68. The van der Waals surface area contributed by atoms with E-state index < -0.39 is 5.82 Å². The van der Waals surface area contributed by atoms with E-state index in [4.69, 9.17) is 5.73 Å². The van der Waals surface area contributed by atoms with Crippen molar-refractivity contribution in [2.45, 2.75) is 31.7 Å². The summed E-state index contributed by atoms with van der Waals surface area (Å²) in [5.74, 6) is -0.255. The molecule has 0 bridgehead atoms. The van der Waals surface area contributed by atoms with Crippen molar-refractivity contribution in [3.05, 3.63) is 12.0 Å². The molecule has 0 spiro atoms. The van der Waals surface area contributed by atoms with Gasteiger partial charge in [-0.3, -0.25) is 0 Å². The van der Waals surface area contributed by atoms with Crippen LogP contribution in [0.2, 0.25) is 0 Å². The molecule has 1 aromatic heterocycles. The predicted molar refractivity (Wildman–Crippen MR) is 52.3 cm³/mol. The van der Waals surface area contributed by atoms with Crippen LogP contribution in [0, 0.1) is 5.82 Å². The Morgan fingerprint density at radius 1 is 1.64 bits per heavy atom. The normalized spacial score (nSPS) is 17.9. The van der Waals surface area contributed by atoms with Crippen LogP contribution in [0.5, 0.6) is 0 Å². The molecule has 1 aromatic rings. The molecule has 1 aliphatic rings. The fraction of sp³-hybridized carbons (Fsp3) is 0.556. The fourth-order valence-corrected chi connectivity index (χ4v) is 1.40. The van der Waals surface area contributed by atoms with Gasteiger partial charge < -0.3 is 11.1 Å². The topological polar surface area (TPSA) is 63.8 Å². The summed E-state index contributed by atoms with van der Waals surface area (Å²) in [5.41, 5.74) is 5.46. The lowest BCUT2D eigenvalue weighted by molar-refractivity contribution is 0.617. The van der Waals surface area contributed by atoms with Crippen molar-refractivity contribution in [3.63, 3.8) is 0 Å². The molecule has 76 valence electrons. The zero-order chi connectivity index (χ0) is 10.2. The Balaban J connectivity index is 2.14. The van der Waals surface area contributed by atoms with Crippen LogP contribution in [-0.2, 0) is 0 Å². The van der Waals surface area contributed by atoms with Crippen LogP contribution in [-0.4, -0.2) is 15.5 Å². The Labute approximate surface area is 81.7 Å². The van der Waals surface area contributed by atoms with Gasteiger partial charge in [0.25, 0.3) is 0 Å². The van der Waals surface area contributed by atoms with E-state index in [2.05, 4.69) is 22.2 Å². The molecule has 0 atom stereocenters. The van der Waals surface area contributed by atoms with Gasteiger partial charge in [0.15, 0.2) is 11.6 Å². The average Bonchev–Trinajstić information content (AvgIpc) is 2.93. The Morgan fingerprint density at radius 3 is 2.86 bits per heavy atom. The molecule has 0 saturated heterocycles. The fourth-order valence-electron chi connectivity index (χ4n) is 1.40. The van der Waals surface area contributed by atoms with Crippen LogP contribution in [0.15, 0.2) is 6.20 Å². The molecule has 2 rings (SSSR count). The first-order chi connectivity index (χ1) is 6.65. The molecule has 0 aromatic carbocycles. The number of anilines is 2. The van der Waals surface area contributed by atoms with E-state index in [0.717, 1.165) is 25.5 Å². The largest absolute Gasteiger partial charge is 0.381 e. The highest BCUT2D eigenvalue weighted by Gasteiger charge is 2.41. The van der Waals surface area contributed by atoms with Crippen molar-refractivity contribution in [3.8, 4) is 0 Å². The van der Waals surface area contributed by atoms with Gasteiger partial charge in [-0.15, -0.1) is 0 Å². The Morgan fingerprint density at radius 2 is 2.36 bits per heavy atom. The molecular weight excluding hydrogens is 183 g/mol. The summed E-state index contributed by atoms with van der Waals surface area (Å²) in [4.78, 5) is 7.66. The lowest BCUT2D eigenvalue weighted by Crippen LogP contribution is -2.21. The minimum atomic E-state index is -0.572. The minimum absolute atomic E-state index is 0.102. The highest BCUT2D eigenvalue weighted by atomic mass is 19.1. The SMILES string of the molecule is CCC1(Nc2ncc(F)c(N)n2)CC1. The number of nitrogens with one attached hydrogen (secondary N) is 1. The van der Waals surface area contributed by atoms with Crippen LogP contribution in [0.4, 0.5) is 16.2 Å². The van der Waals surface area contributed by atoms with Crippen LogP contribution in [0.3, 0.4) is 0 Å². The number of nitrogen functional groups attached to an aromatic ring is 1. The molecule has 0 amide bonds. The van der Waals surface area contributed by atoms with E-state index >= 15 is 0 Å². The molecule has 4 nitrogen and oxygen atoms in total. The molecule has 0 unspecified atom stereocenters. The van der Waals surface area contributed by atoms with Crippen molar-refractivity contribution in [2.75, 3.05) is 11.1 Å². The van der Waals surface area contributed by atoms with Gasteiger partial charge in [-0.2, -0.15) is 4.98 Å². The minimum Gasteiger partial charge on any atom is -0.381 e. The average molecular weight is 196 g/mol. The Kier molecular flexibility index (Phi) is 2.02. The Hall–Kier alpha value is -1.39. The van der Waals surface area contributed by atoms with E-state index in [1.54, 1.807) is 0 Å². The molecule has 3 N–H and O–H groups in total. The molecule has 5 heteroatoms. The van der Waals surface area contributed by atoms with Gasteiger partial charge in [-0.25, -0.2) is 9.37 Å². The van der Waals surface area contributed by atoms with Gasteiger partial charge >= 0.3 is 0 Å². The number of aromatic nitrogens is 2.